The first kappa shape index (κ1) is 25.1. The molecule has 3 aromatic carbocycles. The van der Waals surface area contributed by atoms with Crippen molar-refractivity contribution in [3.63, 3.8) is 0 Å². The van der Waals surface area contributed by atoms with Gasteiger partial charge in [-0.3, -0.25) is 9.10 Å². The number of hydrogen-bond acceptors (Lipinski definition) is 5. The van der Waals surface area contributed by atoms with Crippen molar-refractivity contribution >= 4 is 38.9 Å². The Morgan fingerprint density at radius 3 is 2.38 bits per heavy atom. The number of benzene rings is 3. The quantitative estimate of drug-likeness (QED) is 0.409. The second kappa shape index (κ2) is 11.1. The van der Waals surface area contributed by atoms with Crippen molar-refractivity contribution in [3.05, 3.63) is 83.4 Å². The molecule has 0 bridgehead atoms. The first-order valence-corrected chi connectivity index (χ1v) is 12.4. The summed E-state index contributed by atoms with van der Waals surface area (Å²) in [6, 6.07) is 21.3. The molecule has 0 fully saturated rings. The predicted molar refractivity (Wildman–Crippen MR) is 133 cm³/mol. The molecular weight excluding hydrogens is 474 g/mol. The van der Waals surface area contributed by atoms with Crippen molar-refractivity contribution < 1.29 is 17.9 Å². The Bertz CT molecular complexity index is 1300. The van der Waals surface area contributed by atoms with Crippen molar-refractivity contribution in [3.8, 4) is 11.8 Å². The maximum absolute atomic E-state index is 13.4. The molecule has 0 unspecified atom stereocenters. The standard InChI is InChI=1S/C25H24ClN3O4S/c1-3-33-23-13-11-21(12-14-23)29(16-6-15-27)25(30)19-7-4-10-24(17-19)34(31,32)28(2)22-9-5-8-20(26)18-22/h4-5,7-14,17-18H,3,6,16H2,1-2H3. The van der Waals surface area contributed by atoms with Crippen LogP contribution in [0.25, 0.3) is 0 Å². The highest BCUT2D eigenvalue weighted by Gasteiger charge is 2.24. The summed E-state index contributed by atoms with van der Waals surface area (Å²) in [5, 5.41) is 9.48. The lowest BCUT2D eigenvalue weighted by Gasteiger charge is -2.23. The third-order valence-electron chi connectivity index (χ3n) is 5.06. The zero-order valence-corrected chi connectivity index (χ0v) is 20.4. The van der Waals surface area contributed by atoms with Crippen LogP contribution in [-0.4, -0.2) is 34.5 Å². The van der Waals surface area contributed by atoms with E-state index < -0.39 is 15.9 Å². The van der Waals surface area contributed by atoms with E-state index in [1.165, 1.54) is 30.1 Å². The summed E-state index contributed by atoms with van der Waals surface area (Å²) in [5.74, 6) is 0.248. The van der Waals surface area contributed by atoms with Crippen LogP contribution < -0.4 is 13.9 Å². The minimum Gasteiger partial charge on any atom is -0.494 e. The third kappa shape index (κ3) is 5.68. The minimum absolute atomic E-state index is 0.0345. The average Bonchev–Trinajstić information content (AvgIpc) is 2.85. The number of halogens is 1. The fourth-order valence-electron chi connectivity index (χ4n) is 3.31. The van der Waals surface area contributed by atoms with Gasteiger partial charge < -0.3 is 9.64 Å². The van der Waals surface area contributed by atoms with Gasteiger partial charge >= 0.3 is 0 Å². The second-order valence-electron chi connectivity index (χ2n) is 7.27. The van der Waals surface area contributed by atoms with Crippen molar-refractivity contribution in [2.45, 2.75) is 18.2 Å². The average molecular weight is 498 g/mol. The number of carbonyl (C=O) groups is 1. The number of sulfonamides is 1. The van der Waals surface area contributed by atoms with Crippen LogP contribution >= 0.6 is 11.6 Å². The Hall–Kier alpha value is -3.54. The zero-order chi connectivity index (χ0) is 24.7. The molecule has 3 rings (SSSR count). The molecule has 0 aliphatic carbocycles. The molecular formula is C25H24ClN3O4S. The van der Waals surface area contributed by atoms with Gasteiger partial charge in [0, 0.05) is 29.9 Å². The molecule has 0 N–H and O–H groups in total. The molecule has 0 saturated heterocycles. The molecule has 0 aromatic heterocycles. The Kier molecular flexibility index (Phi) is 8.16. The first-order valence-electron chi connectivity index (χ1n) is 10.5. The van der Waals surface area contributed by atoms with Crippen LogP contribution in [0, 0.1) is 11.3 Å². The molecule has 0 aliphatic heterocycles. The molecule has 0 saturated carbocycles. The van der Waals surface area contributed by atoms with Gasteiger partial charge in [0.05, 0.1) is 29.7 Å². The summed E-state index contributed by atoms with van der Waals surface area (Å²) in [6.45, 7) is 2.55. The predicted octanol–water partition coefficient (Wildman–Crippen LogP) is 5.12. The van der Waals surface area contributed by atoms with Crippen LogP contribution in [0.3, 0.4) is 0 Å². The number of anilines is 2. The zero-order valence-electron chi connectivity index (χ0n) is 18.8. The lowest BCUT2D eigenvalue weighted by Crippen LogP contribution is -2.32. The molecule has 0 atom stereocenters. The molecule has 34 heavy (non-hydrogen) atoms. The maximum Gasteiger partial charge on any atom is 0.264 e. The molecule has 0 aliphatic rings. The highest BCUT2D eigenvalue weighted by atomic mass is 35.5. The lowest BCUT2D eigenvalue weighted by molar-refractivity contribution is 0.0987. The van der Waals surface area contributed by atoms with E-state index >= 15 is 0 Å². The van der Waals surface area contributed by atoms with Gasteiger partial charge in [-0.2, -0.15) is 5.26 Å². The van der Waals surface area contributed by atoms with Gasteiger partial charge in [-0.15, -0.1) is 0 Å². The van der Waals surface area contributed by atoms with E-state index in [1.54, 1.807) is 54.6 Å². The molecule has 1 amide bonds. The Labute approximate surface area is 204 Å². The van der Waals surface area contributed by atoms with Gasteiger partial charge in [-0.25, -0.2) is 8.42 Å². The lowest BCUT2D eigenvalue weighted by atomic mass is 10.1. The van der Waals surface area contributed by atoms with Crippen LogP contribution in [0.1, 0.15) is 23.7 Å². The van der Waals surface area contributed by atoms with E-state index in [-0.39, 0.29) is 23.4 Å². The largest absolute Gasteiger partial charge is 0.494 e. The van der Waals surface area contributed by atoms with Gasteiger partial charge in [0.25, 0.3) is 15.9 Å². The smallest absolute Gasteiger partial charge is 0.264 e. The fraction of sp³-hybridized carbons (Fsp3) is 0.200. The number of carbonyl (C=O) groups excluding carboxylic acids is 1. The van der Waals surface area contributed by atoms with Crippen molar-refractivity contribution in [2.75, 3.05) is 29.4 Å². The fourth-order valence-corrected chi connectivity index (χ4v) is 4.73. The summed E-state index contributed by atoms with van der Waals surface area (Å²) < 4.78 is 33.0. The number of hydrogen-bond donors (Lipinski definition) is 0. The van der Waals surface area contributed by atoms with E-state index in [9.17, 15) is 13.2 Å². The summed E-state index contributed by atoms with van der Waals surface area (Å²) in [4.78, 5) is 14.8. The Morgan fingerprint density at radius 2 is 1.74 bits per heavy atom. The van der Waals surface area contributed by atoms with Gasteiger partial charge in [-0.05, 0) is 67.6 Å². The van der Waals surface area contributed by atoms with Crippen molar-refractivity contribution in [2.24, 2.45) is 0 Å². The van der Waals surface area contributed by atoms with Crippen LogP contribution in [0.15, 0.2) is 77.7 Å². The van der Waals surface area contributed by atoms with Gasteiger partial charge in [0.2, 0.25) is 0 Å². The minimum atomic E-state index is -3.95. The first-order chi connectivity index (χ1) is 16.3. The third-order valence-corrected chi connectivity index (χ3v) is 7.08. The molecule has 3 aromatic rings. The molecule has 9 heteroatoms. The van der Waals surface area contributed by atoms with E-state index in [2.05, 4.69) is 0 Å². The number of nitriles is 1. The van der Waals surface area contributed by atoms with Crippen molar-refractivity contribution in [1.29, 1.82) is 5.26 Å². The highest BCUT2D eigenvalue weighted by Crippen LogP contribution is 2.26. The Balaban J connectivity index is 1.94. The summed E-state index contributed by atoms with van der Waals surface area (Å²) in [6.07, 6.45) is 0.119. The monoisotopic (exact) mass is 497 g/mol. The van der Waals surface area contributed by atoms with Gasteiger partial charge in [-0.1, -0.05) is 23.7 Å². The molecule has 0 heterocycles. The molecule has 176 valence electrons. The maximum atomic E-state index is 13.4. The number of rotatable bonds is 9. The van der Waals surface area contributed by atoms with E-state index in [0.717, 1.165) is 4.31 Å². The number of nitrogens with zero attached hydrogens (tertiary/aromatic N) is 3. The summed E-state index contributed by atoms with van der Waals surface area (Å²) in [5.41, 5.74) is 1.16. The number of ether oxygens (including phenoxy) is 1. The van der Waals surface area contributed by atoms with E-state index in [1.807, 2.05) is 13.0 Å². The highest BCUT2D eigenvalue weighted by molar-refractivity contribution is 7.92. The topological polar surface area (TPSA) is 90.7 Å². The van der Waals surface area contributed by atoms with Crippen LogP contribution in [0.2, 0.25) is 5.02 Å². The summed E-state index contributed by atoms with van der Waals surface area (Å²) in [7, 11) is -2.52. The normalized spacial score (nSPS) is 10.9. The Morgan fingerprint density at radius 1 is 1.03 bits per heavy atom. The summed E-state index contributed by atoms with van der Waals surface area (Å²) >= 11 is 6.01. The SMILES string of the molecule is CCOc1ccc(N(CCC#N)C(=O)c2cccc(S(=O)(=O)N(C)c3cccc(Cl)c3)c2)cc1. The second-order valence-corrected chi connectivity index (χ2v) is 9.68. The molecule has 0 spiro atoms. The van der Waals surface area contributed by atoms with E-state index in [0.29, 0.717) is 28.8 Å². The molecule has 0 radical (unpaired) electrons. The van der Waals surface area contributed by atoms with Gasteiger partial charge in [0.1, 0.15) is 5.75 Å². The number of amides is 1. The molecule has 7 nitrogen and oxygen atoms in total. The van der Waals surface area contributed by atoms with Gasteiger partial charge in [0.15, 0.2) is 0 Å². The van der Waals surface area contributed by atoms with Crippen LogP contribution in [0.4, 0.5) is 11.4 Å². The van der Waals surface area contributed by atoms with Crippen LogP contribution in [0.5, 0.6) is 5.75 Å². The van der Waals surface area contributed by atoms with E-state index in [4.69, 9.17) is 21.6 Å². The van der Waals surface area contributed by atoms with Crippen molar-refractivity contribution in [1.82, 2.24) is 0 Å². The van der Waals surface area contributed by atoms with Crippen LogP contribution in [-0.2, 0) is 10.0 Å².